The van der Waals surface area contributed by atoms with Crippen LogP contribution in [-0.2, 0) is 17.9 Å². The summed E-state index contributed by atoms with van der Waals surface area (Å²) in [5, 5.41) is 7.31. The van der Waals surface area contributed by atoms with Crippen molar-refractivity contribution in [2.24, 2.45) is 5.92 Å². The number of hydrogen-bond donors (Lipinski definition) is 1. The highest BCUT2D eigenvalue weighted by Gasteiger charge is 2.25. The van der Waals surface area contributed by atoms with Gasteiger partial charge in [-0.05, 0) is 42.5 Å². The summed E-state index contributed by atoms with van der Waals surface area (Å²) in [5.41, 5.74) is 2.23. The fourth-order valence-corrected chi connectivity index (χ4v) is 2.77. The number of benzene rings is 1. The van der Waals surface area contributed by atoms with Crippen molar-refractivity contribution in [3.8, 4) is 0 Å². The van der Waals surface area contributed by atoms with E-state index in [1.807, 2.05) is 4.68 Å². The lowest BCUT2D eigenvalue weighted by Crippen LogP contribution is -2.26. The van der Waals surface area contributed by atoms with Crippen molar-refractivity contribution in [3.63, 3.8) is 0 Å². The Balaban J connectivity index is 1.46. The van der Waals surface area contributed by atoms with Crippen LogP contribution in [0, 0.1) is 11.7 Å². The Bertz CT molecular complexity index is 722. The second-order valence-electron chi connectivity index (χ2n) is 6.21. The molecule has 4 rings (SSSR count). The van der Waals surface area contributed by atoms with Crippen molar-refractivity contribution in [2.75, 3.05) is 6.54 Å². The van der Waals surface area contributed by atoms with Gasteiger partial charge in [-0.3, -0.25) is 9.48 Å². The summed E-state index contributed by atoms with van der Waals surface area (Å²) >= 11 is 0. The van der Waals surface area contributed by atoms with Crippen LogP contribution in [0.2, 0.25) is 0 Å². The van der Waals surface area contributed by atoms with Crippen LogP contribution in [0.1, 0.15) is 40.7 Å². The van der Waals surface area contributed by atoms with Crippen LogP contribution < -0.4 is 5.32 Å². The monoisotopic (exact) mass is 315 g/mol. The fourth-order valence-electron chi connectivity index (χ4n) is 2.77. The second-order valence-corrected chi connectivity index (χ2v) is 6.21. The van der Waals surface area contributed by atoms with Crippen LogP contribution in [0.3, 0.4) is 0 Å². The van der Waals surface area contributed by atoms with E-state index >= 15 is 0 Å². The minimum Gasteiger partial charge on any atom is -0.365 e. The van der Waals surface area contributed by atoms with Gasteiger partial charge in [0.25, 0.3) is 5.91 Å². The zero-order valence-corrected chi connectivity index (χ0v) is 12.7. The number of amides is 1. The number of fused-ring (bicyclic) bond motifs is 1. The lowest BCUT2D eigenvalue weighted by atomic mass is 10.1. The maximum atomic E-state index is 13.0. The molecule has 0 bridgehead atoms. The van der Waals surface area contributed by atoms with E-state index in [9.17, 15) is 9.18 Å². The number of carbonyl (C=O) groups is 1. The lowest BCUT2D eigenvalue weighted by molar-refractivity contribution is -0.00123. The van der Waals surface area contributed by atoms with Crippen LogP contribution in [0.15, 0.2) is 30.3 Å². The Morgan fingerprint density at radius 3 is 2.87 bits per heavy atom. The molecule has 2 aliphatic rings. The molecule has 5 nitrogen and oxygen atoms in total. The fraction of sp³-hybridized carbons (Fsp3) is 0.412. The molecule has 2 heterocycles. The molecule has 0 saturated heterocycles. The molecule has 1 fully saturated rings. The summed E-state index contributed by atoms with van der Waals surface area (Å²) < 4.78 is 20.6. The van der Waals surface area contributed by atoms with Gasteiger partial charge in [0.15, 0.2) is 5.69 Å². The first kappa shape index (κ1) is 14.4. The number of nitrogens with zero attached hydrogens (tertiary/aromatic N) is 2. The van der Waals surface area contributed by atoms with E-state index in [2.05, 4.69) is 10.4 Å². The molecule has 1 atom stereocenters. The maximum Gasteiger partial charge on any atom is 0.271 e. The van der Waals surface area contributed by atoms with E-state index in [1.54, 1.807) is 18.2 Å². The molecule has 23 heavy (non-hydrogen) atoms. The van der Waals surface area contributed by atoms with E-state index in [0.717, 1.165) is 17.8 Å². The third-order valence-electron chi connectivity index (χ3n) is 4.36. The van der Waals surface area contributed by atoms with E-state index in [4.69, 9.17) is 4.74 Å². The molecule has 120 valence electrons. The van der Waals surface area contributed by atoms with Gasteiger partial charge in [0.2, 0.25) is 0 Å². The number of carbonyl (C=O) groups excluding carboxylic acids is 1. The summed E-state index contributed by atoms with van der Waals surface area (Å²) in [4.78, 5) is 12.1. The molecule has 1 aliphatic heterocycles. The van der Waals surface area contributed by atoms with E-state index in [0.29, 0.717) is 24.8 Å². The molecular weight excluding hydrogens is 297 g/mol. The second kappa shape index (κ2) is 5.77. The van der Waals surface area contributed by atoms with Gasteiger partial charge in [0, 0.05) is 6.54 Å². The van der Waals surface area contributed by atoms with E-state index in [1.165, 1.54) is 25.0 Å². The zero-order chi connectivity index (χ0) is 15.8. The summed E-state index contributed by atoms with van der Waals surface area (Å²) in [6.07, 6.45) is 2.23. The molecule has 6 heteroatoms. The zero-order valence-electron chi connectivity index (χ0n) is 12.7. The number of halogens is 1. The molecule has 2 aromatic rings. The number of hydrogen-bond acceptors (Lipinski definition) is 3. The first-order valence-corrected chi connectivity index (χ1v) is 7.91. The van der Waals surface area contributed by atoms with Crippen LogP contribution >= 0.6 is 0 Å². The third kappa shape index (κ3) is 3.12. The van der Waals surface area contributed by atoms with E-state index in [-0.39, 0.29) is 17.8 Å². The Morgan fingerprint density at radius 2 is 2.13 bits per heavy atom. The number of nitrogens with one attached hydrogen (secondary N) is 1. The average Bonchev–Trinajstić information content (AvgIpc) is 3.29. The highest BCUT2D eigenvalue weighted by Crippen LogP contribution is 2.28. The van der Waals surface area contributed by atoms with Gasteiger partial charge in [-0.15, -0.1) is 0 Å². The maximum absolute atomic E-state index is 13.0. The quantitative estimate of drug-likeness (QED) is 0.943. The molecule has 1 unspecified atom stereocenters. The SMILES string of the molecule is O=C(NCC1CC1)c1cc2n(n1)CC(c1ccc(F)cc1)OC2. The summed E-state index contributed by atoms with van der Waals surface area (Å²) in [6.45, 7) is 1.65. The molecule has 1 N–H and O–H groups in total. The highest BCUT2D eigenvalue weighted by molar-refractivity contribution is 5.92. The number of aromatic nitrogens is 2. The Morgan fingerprint density at radius 1 is 1.35 bits per heavy atom. The highest BCUT2D eigenvalue weighted by atomic mass is 19.1. The summed E-state index contributed by atoms with van der Waals surface area (Å²) in [6, 6.07) is 8.07. The number of ether oxygens (including phenoxy) is 1. The van der Waals surface area contributed by atoms with Crippen molar-refractivity contribution < 1.29 is 13.9 Å². The largest absolute Gasteiger partial charge is 0.365 e. The van der Waals surface area contributed by atoms with E-state index < -0.39 is 0 Å². The van der Waals surface area contributed by atoms with Crippen LogP contribution in [0.4, 0.5) is 4.39 Å². The third-order valence-corrected chi connectivity index (χ3v) is 4.36. The first-order valence-electron chi connectivity index (χ1n) is 7.91. The van der Waals surface area contributed by atoms with Crippen LogP contribution in [0.25, 0.3) is 0 Å². The Hall–Kier alpha value is -2.21. The predicted octanol–water partition coefficient (Wildman–Crippen LogP) is 2.43. The normalized spacial score (nSPS) is 20.1. The standard InChI is InChI=1S/C17H18FN3O2/c18-13-5-3-12(4-6-13)16-9-21-14(10-23-16)7-15(20-21)17(22)19-8-11-1-2-11/h3-7,11,16H,1-2,8-10H2,(H,19,22). The van der Waals surface area contributed by atoms with Gasteiger partial charge >= 0.3 is 0 Å². The predicted molar refractivity (Wildman–Crippen MR) is 81.2 cm³/mol. The van der Waals surface area contributed by atoms with Crippen molar-refractivity contribution >= 4 is 5.91 Å². The molecule has 1 aromatic heterocycles. The average molecular weight is 315 g/mol. The van der Waals surface area contributed by atoms with Gasteiger partial charge in [-0.2, -0.15) is 5.10 Å². The topological polar surface area (TPSA) is 56.2 Å². The van der Waals surface area contributed by atoms with Gasteiger partial charge in [-0.1, -0.05) is 12.1 Å². The minimum atomic E-state index is -0.265. The minimum absolute atomic E-state index is 0.128. The van der Waals surface area contributed by atoms with Crippen molar-refractivity contribution in [2.45, 2.75) is 32.1 Å². The molecular formula is C17H18FN3O2. The van der Waals surface area contributed by atoms with Crippen LogP contribution in [0.5, 0.6) is 0 Å². The first-order chi connectivity index (χ1) is 11.2. The molecule has 0 spiro atoms. The smallest absolute Gasteiger partial charge is 0.271 e. The lowest BCUT2D eigenvalue weighted by Gasteiger charge is -2.24. The van der Waals surface area contributed by atoms with Crippen LogP contribution in [-0.4, -0.2) is 22.2 Å². The van der Waals surface area contributed by atoms with Gasteiger partial charge < -0.3 is 10.1 Å². The van der Waals surface area contributed by atoms with Crippen molar-refractivity contribution in [1.29, 1.82) is 0 Å². The van der Waals surface area contributed by atoms with Gasteiger partial charge in [0.1, 0.15) is 11.9 Å². The Labute approximate surface area is 133 Å². The van der Waals surface area contributed by atoms with Crippen molar-refractivity contribution in [1.82, 2.24) is 15.1 Å². The van der Waals surface area contributed by atoms with Gasteiger partial charge in [-0.25, -0.2) is 4.39 Å². The summed E-state index contributed by atoms with van der Waals surface area (Å²) in [5.74, 6) is 0.249. The molecule has 1 amide bonds. The molecule has 0 radical (unpaired) electrons. The van der Waals surface area contributed by atoms with Gasteiger partial charge in [0.05, 0.1) is 18.8 Å². The number of rotatable bonds is 4. The Kier molecular flexibility index (Phi) is 3.61. The molecule has 1 aromatic carbocycles. The van der Waals surface area contributed by atoms with Crippen molar-refractivity contribution in [3.05, 3.63) is 53.1 Å². The summed E-state index contributed by atoms with van der Waals surface area (Å²) in [7, 11) is 0. The molecule has 1 saturated carbocycles. The molecule has 1 aliphatic carbocycles.